The highest BCUT2D eigenvalue weighted by molar-refractivity contribution is 6.36. The first-order valence-corrected chi connectivity index (χ1v) is 6.88. The van der Waals surface area contributed by atoms with Gasteiger partial charge >= 0.3 is 0 Å². The molecule has 2 N–H and O–H groups in total. The van der Waals surface area contributed by atoms with Crippen molar-refractivity contribution in [2.75, 3.05) is 5.32 Å². The molecule has 0 saturated heterocycles. The lowest BCUT2D eigenvalue weighted by Crippen LogP contribution is -2.09. The van der Waals surface area contributed by atoms with Crippen molar-refractivity contribution in [2.45, 2.75) is 19.6 Å². The Kier molecular flexibility index (Phi) is 4.86. The van der Waals surface area contributed by atoms with Crippen molar-refractivity contribution in [3.05, 3.63) is 63.4 Å². The van der Waals surface area contributed by atoms with Gasteiger partial charge in [0.2, 0.25) is 0 Å². The van der Waals surface area contributed by atoms with Crippen molar-refractivity contribution in [3.8, 4) is 0 Å². The van der Waals surface area contributed by atoms with Crippen LogP contribution in [0.5, 0.6) is 0 Å². The van der Waals surface area contributed by atoms with Crippen LogP contribution in [0.3, 0.4) is 0 Å². The molecule has 0 bridgehead atoms. The fourth-order valence-electron chi connectivity index (χ4n) is 2.02. The molecule has 0 heterocycles. The second-order valence-electron chi connectivity index (χ2n) is 4.48. The molecule has 0 aromatic heterocycles. The van der Waals surface area contributed by atoms with Gasteiger partial charge in [0.1, 0.15) is 5.82 Å². The summed E-state index contributed by atoms with van der Waals surface area (Å²) < 4.78 is 13.5. The molecule has 0 spiro atoms. The van der Waals surface area contributed by atoms with E-state index in [4.69, 9.17) is 28.3 Å². The normalized spacial score (nSPS) is 12.2. The number of halogens is 3. The van der Waals surface area contributed by atoms with Crippen LogP contribution in [0.4, 0.5) is 10.1 Å². The van der Waals surface area contributed by atoms with Crippen LogP contribution in [0, 0.1) is 5.82 Å². The van der Waals surface area contributed by atoms with Crippen LogP contribution in [-0.4, -0.2) is 5.11 Å². The Morgan fingerprint density at radius 3 is 2.70 bits per heavy atom. The van der Waals surface area contributed by atoms with Gasteiger partial charge in [-0.05, 0) is 36.8 Å². The molecule has 2 aromatic rings. The van der Waals surface area contributed by atoms with Crippen LogP contribution in [0.25, 0.3) is 0 Å². The number of hydrogen-bond acceptors (Lipinski definition) is 2. The van der Waals surface area contributed by atoms with Crippen molar-refractivity contribution in [1.82, 2.24) is 0 Å². The van der Waals surface area contributed by atoms with Crippen molar-refractivity contribution in [2.24, 2.45) is 0 Å². The zero-order valence-corrected chi connectivity index (χ0v) is 12.3. The van der Waals surface area contributed by atoms with Gasteiger partial charge in [-0.2, -0.15) is 0 Å². The molecule has 0 amide bonds. The Morgan fingerprint density at radius 2 is 2.00 bits per heavy atom. The minimum atomic E-state index is -0.496. The summed E-state index contributed by atoms with van der Waals surface area (Å²) in [5.41, 5.74) is 2.11. The van der Waals surface area contributed by atoms with E-state index < -0.39 is 5.82 Å². The van der Waals surface area contributed by atoms with Crippen LogP contribution in [0.15, 0.2) is 36.4 Å². The summed E-state index contributed by atoms with van der Waals surface area (Å²) in [6.07, 6.45) is 0. The molecule has 1 atom stereocenters. The zero-order valence-electron chi connectivity index (χ0n) is 10.8. The van der Waals surface area contributed by atoms with Crippen molar-refractivity contribution in [3.63, 3.8) is 0 Å². The fraction of sp³-hybridized carbons (Fsp3) is 0.200. The van der Waals surface area contributed by atoms with Gasteiger partial charge in [-0.25, -0.2) is 4.39 Å². The summed E-state index contributed by atoms with van der Waals surface area (Å²) in [6, 6.07) is 9.79. The lowest BCUT2D eigenvalue weighted by molar-refractivity contribution is 0.282. The molecule has 2 nitrogen and oxygen atoms in total. The quantitative estimate of drug-likeness (QED) is 0.795. The van der Waals surface area contributed by atoms with Crippen molar-refractivity contribution < 1.29 is 9.50 Å². The zero-order chi connectivity index (χ0) is 14.7. The van der Waals surface area contributed by atoms with Crippen LogP contribution in [0.2, 0.25) is 10.0 Å². The summed E-state index contributed by atoms with van der Waals surface area (Å²) in [7, 11) is 0. The molecule has 2 rings (SSSR count). The van der Waals surface area contributed by atoms with Gasteiger partial charge in [-0.3, -0.25) is 0 Å². The third-order valence-electron chi connectivity index (χ3n) is 3.01. The highest BCUT2D eigenvalue weighted by Gasteiger charge is 2.17. The Morgan fingerprint density at radius 1 is 1.25 bits per heavy atom. The molecular formula is C15H14Cl2FNO. The van der Waals surface area contributed by atoms with Crippen LogP contribution < -0.4 is 5.32 Å². The number of anilines is 1. The summed E-state index contributed by atoms with van der Waals surface area (Å²) in [4.78, 5) is 0. The molecule has 0 saturated carbocycles. The lowest BCUT2D eigenvalue weighted by atomic mass is 10.1. The summed E-state index contributed by atoms with van der Waals surface area (Å²) >= 11 is 12.1. The first-order valence-electron chi connectivity index (χ1n) is 6.12. The van der Waals surface area contributed by atoms with Gasteiger partial charge in [0.25, 0.3) is 0 Å². The molecule has 20 heavy (non-hydrogen) atoms. The highest BCUT2D eigenvalue weighted by Crippen LogP contribution is 2.34. The fourth-order valence-corrected chi connectivity index (χ4v) is 2.72. The molecule has 2 aromatic carbocycles. The van der Waals surface area contributed by atoms with E-state index in [1.165, 1.54) is 12.1 Å². The lowest BCUT2D eigenvalue weighted by Gasteiger charge is -2.19. The molecule has 0 aliphatic carbocycles. The topological polar surface area (TPSA) is 32.3 Å². The Labute approximate surface area is 127 Å². The third kappa shape index (κ3) is 3.23. The molecule has 5 heteroatoms. The molecular weight excluding hydrogens is 300 g/mol. The number of aliphatic hydroxyl groups is 1. The Hall–Kier alpha value is -1.29. The second-order valence-corrected chi connectivity index (χ2v) is 5.27. The Bertz CT molecular complexity index is 619. The molecule has 0 aliphatic rings. The maximum atomic E-state index is 13.5. The monoisotopic (exact) mass is 313 g/mol. The van der Waals surface area contributed by atoms with E-state index in [2.05, 4.69) is 5.32 Å². The number of rotatable bonds is 4. The number of hydrogen-bond donors (Lipinski definition) is 2. The average Bonchev–Trinajstić information content (AvgIpc) is 2.43. The minimum absolute atomic E-state index is 0.0239. The smallest absolute Gasteiger partial charge is 0.142 e. The van der Waals surface area contributed by atoms with Gasteiger partial charge in [0, 0.05) is 16.3 Å². The minimum Gasteiger partial charge on any atom is -0.392 e. The van der Waals surface area contributed by atoms with E-state index in [9.17, 15) is 4.39 Å². The van der Waals surface area contributed by atoms with Gasteiger partial charge in [0.05, 0.1) is 17.7 Å². The summed E-state index contributed by atoms with van der Waals surface area (Å²) in [6.45, 7) is 1.81. The molecule has 1 unspecified atom stereocenters. The highest BCUT2D eigenvalue weighted by atomic mass is 35.5. The van der Waals surface area contributed by atoms with Crippen molar-refractivity contribution >= 4 is 28.9 Å². The standard InChI is InChI=1S/C15H14Cl2FNO/c1-9(14-12(16)5-6-13(18)15(14)17)19-11-4-2-3-10(7-11)8-20/h2-7,9,19-20H,8H2,1H3. The second kappa shape index (κ2) is 6.44. The largest absolute Gasteiger partial charge is 0.392 e. The van der Waals surface area contributed by atoms with E-state index in [0.29, 0.717) is 10.6 Å². The first kappa shape index (κ1) is 15.1. The van der Waals surface area contributed by atoms with E-state index in [1.54, 1.807) is 0 Å². The number of nitrogens with one attached hydrogen (secondary N) is 1. The average molecular weight is 314 g/mol. The van der Waals surface area contributed by atoms with Crippen LogP contribution in [0.1, 0.15) is 24.1 Å². The maximum Gasteiger partial charge on any atom is 0.142 e. The van der Waals surface area contributed by atoms with E-state index in [-0.39, 0.29) is 17.7 Å². The maximum absolute atomic E-state index is 13.5. The predicted octanol–water partition coefficient (Wildman–Crippen LogP) is 4.80. The number of aliphatic hydroxyl groups excluding tert-OH is 1. The number of benzene rings is 2. The van der Waals surface area contributed by atoms with Gasteiger partial charge in [-0.1, -0.05) is 35.3 Å². The first-order chi connectivity index (χ1) is 9.52. The summed E-state index contributed by atoms with van der Waals surface area (Å²) in [5, 5.41) is 12.7. The van der Waals surface area contributed by atoms with Gasteiger partial charge < -0.3 is 10.4 Å². The van der Waals surface area contributed by atoms with Gasteiger partial charge in [-0.15, -0.1) is 0 Å². The van der Waals surface area contributed by atoms with Crippen LogP contribution in [-0.2, 0) is 6.61 Å². The van der Waals surface area contributed by atoms with E-state index in [0.717, 1.165) is 11.3 Å². The molecule has 0 fully saturated rings. The van der Waals surface area contributed by atoms with Crippen molar-refractivity contribution in [1.29, 1.82) is 0 Å². The molecule has 106 valence electrons. The Balaban J connectivity index is 2.28. The summed E-state index contributed by atoms with van der Waals surface area (Å²) in [5.74, 6) is -0.496. The van der Waals surface area contributed by atoms with Crippen LogP contribution >= 0.6 is 23.2 Å². The van der Waals surface area contributed by atoms with E-state index in [1.807, 2.05) is 31.2 Å². The third-order valence-corrected chi connectivity index (χ3v) is 3.72. The predicted molar refractivity (Wildman–Crippen MR) is 80.8 cm³/mol. The molecule has 0 radical (unpaired) electrons. The van der Waals surface area contributed by atoms with E-state index >= 15 is 0 Å². The SMILES string of the molecule is CC(Nc1cccc(CO)c1)c1c(Cl)ccc(F)c1Cl. The van der Waals surface area contributed by atoms with Gasteiger partial charge in [0.15, 0.2) is 0 Å². The molecule has 0 aliphatic heterocycles.